The number of likely N-dealkylation sites (tertiary alicyclic amines) is 1. The molecule has 1 aliphatic heterocycles. The van der Waals surface area contributed by atoms with E-state index in [-0.39, 0.29) is 17.5 Å². The number of aromatic nitrogens is 5. The number of fused-ring (bicyclic) bond motifs is 1. The van der Waals surface area contributed by atoms with Crippen LogP contribution < -0.4 is 10.5 Å². The van der Waals surface area contributed by atoms with Crippen LogP contribution >= 0.6 is 0 Å². The Morgan fingerprint density at radius 1 is 1.18 bits per heavy atom. The standard InChI is InChI=1S/C29H28N8O2/c1-18-12-24(39-22-7-3-2-4-8-22)32-15-23(18)26-25-27(31)33-17-34-28(25)37(35-26)21-6-5-11-36(16-21)29(38)20(14-30)13-19-9-10-19/h2-4,7-8,12-13,15,17,19,21H,5-6,9-11,16H2,1H3,(H2,31,33,34). The quantitative estimate of drug-likeness (QED) is 0.288. The molecule has 3 aromatic heterocycles. The third kappa shape index (κ3) is 4.91. The zero-order valence-electron chi connectivity index (χ0n) is 21.6. The van der Waals surface area contributed by atoms with Crippen LogP contribution in [-0.2, 0) is 4.79 Å². The molecule has 1 aromatic carbocycles. The number of nitrogen functional groups attached to an aromatic ring is 1. The molecule has 2 aliphatic rings. The fraction of sp³-hybridized carbons (Fsp3) is 0.310. The number of carbonyl (C=O) groups is 1. The van der Waals surface area contributed by atoms with Crippen molar-refractivity contribution in [3.63, 3.8) is 0 Å². The first-order valence-electron chi connectivity index (χ1n) is 13.1. The molecule has 196 valence electrons. The Morgan fingerprint density at radius 3 is 2.74 bits per heavy atom. The minimum atomic E-state index is -0.214. The molecule has 1 amide bonds. The fourth-order valence-corrected chi connectivity index (χ4v) is 5.05. The summed E-state index contributed by atoms with van der Waals surface area (Å²) in [4.78, 5) is 28.2. The zero-order chi connectivity index (χ0) is 26.9. The molecule has 0 bridgehead atoms. The topological polar surface area (TPSA) is 136 Å². The molecule has 1 atom stereocenters. The van der Waals surface area contributed by atoms with Gasteiger partial charge in [-0.25, -0.2) is 19.6 Å². The van der Waals surface area contributed by atoms with Gasteiger partial charge in [-0.05, 0) is 56.2 Å². The SMILES string of the molecule is Cc1cc(Oc2ccccc2)ncc1-c1nn(C2CCCN(C(=O)C(C#N)=CC3CC3)C2)c2ncnc(N)c12. The van der Waals surface area contributed by atoms with Gasteiger partial charge in [0.2, 0.25) is 5.88 Å². The molecule has 1 saturated heterocycles. The van der Waals surface area contributed by atoms with E-state index in [0.29, 0.717) is 53.2 Å². The molecule has 0 radical (unpaired) electrons. The van der Waals surface area contributed by atoms with E-state index in [9.17, 15) is 10.1 Å². The summed E-state index contributed by atoms with van der Waals surface area (Å²) < 4.78 is 7.75. The lowest BCUT2D eigenvalue weighted by Crippen LogP contribution is -2.41. The molecule has 2 N–H and O–H groups in total. The molecular weight excluding hydrogens is 492 g/mol. The highest BCUT2D eigenvalue weighted by Crippen LogP contribution is 2.36. The molecular formula is C29H28N8O2. The minimum Gasteiger partial charge on any atom is -0.439 e. The van der Waals surface area contributed by atoms with Crippen LogP contribution in [0.3, 0.4) is 0 Å². The number of amides is 1. The van der Waals surface area contributed by atoms with Crippen LogP contribution in [0.5, 0.6) is 11.6 Å². The second-order valence-corrected chi connectivity index (χ2v) is 10.1. The Labute approximate surface area is 225 Å². The second-order valence-electron chi connectivity index (χ2n) is 10.1. The van der Waals surface area contributed by atoms with E-state index in [4.69, 9.17) is 15.6 Å². The Kier molecular flexibility index (Phi) is 6.40. The Bertz CT molecular complexity index is 1620. The number of carbonyl (C=O) groups excluding carboxylic acids is 1. The van der Waals surface area contributed by atoms with E-state index in [1.165, 1.54) is 6.33 Å². The molecule has 2 fully saturated rings. The number of hydrogen-bond acceptors (Lipinski definition) is 8. The summed E-state index contributed by atoms with van der Waals surface area (Å²) in [6.07, 6.45) is 8.67. The molecule has 10 nitrogen and oxygen atoms in total. The van der Waals surface area contributed by atoms with E-state index in [1.807, 2.05) is 54.1 Å². The van der Waals surface area contributed by atoms with Crippen LogP contribution in [0, 0.1) is 24.2 Å². The first-order chi connectivity index (χ1) is 19.0. The number of benzene rings is 1. The van der Waals surface area contributed by atoms with Crippen molar-refractivity contribution in [3.05, 3.63) is 66.1 Å². The lowest BCUT2D eigenvalue weighted by Gasteiger charge is -2.32. The predicted octanol–water partition coefficient (Wildman–Crippen LogP) is 4.59. The summed E-state index contributed by atoms with van der Waals surface area (Å²) in [7, 11) is 0. The van der Waals surface area contributed by atoms with Crippen molar-refractivity contribution in [2.75, 3.05) is 18.8 Å². The lowest BCUT2D eigenvalue weighted by molar-refractivity contribution is -0.128. The summed E-state index contributed by atoms with van der Waals surface area (Å²) in [5.41, 5.74) is 9.53. The van der Waals surface area contributed by atoms with Crippen molar-refractivity contribution in [3.8, 4) is 29.0 Å². The van der Waals surface area contributed by atoms with Crippen molar-refractivity contribution in [1.82, 2.24) is 29.6 Å². The van der Waals surface area contributed by atoms with Gasteiger partial charge >= 0.3 is 0 Å². The Morgan fingerprint density at radius 2 is 2.00 bits per heavy atom. The van der Waals surface area contributed by atoms with Crippen LogP contribution in [0.2, 0.25) is 0 Å². The van der Waals surface area contributed by atoms with Gasteiger partial charge in [-0.3, -0.25) is 4.79 Å². The summed E-state index contributed by atoms with van der Waals surface area (Å²) in [6, 6.07) is 13.3. The van der Waals surface area contributed by atoms with Crippen LogP contribution in [0.1, 0.15) is 37.3 Å². The minimum absolute atomic E-state index is 0.122. The van der Waals surface area contributed by atoms with E-state index in [1.54, 1.807) is 11.1 Å². The first-order valence-corrected chi connectivity index (χ1v) is 13.1. The number of nitriles is 1. The zero-order valence-corrected chi connectivity index (χ0v) is 21.6. The summed E-state index contributed by atoms with van der Waals surface area (Å²) in [5, 5.41) is 15.2. The molecule has 0 spiro atoms. The van der Waals surface area contributed by atoms with Gasteiger partial charge in [0.05, 0.1) is 11.4 Å². The van der Waals surface area contributed by atoms with Gasteiger partial charge in [0, 0.05) is 30.9 Å². The highest BCUT2D eigenvalue weighted by atomic mass is 16.5. The number of pyridine rings is 1. The number of allylic oxidation sites excluding steroid dienone is 1. The Balaban J connectivity index is 1.33. The third-order valence-corrected chi connectivity index (χ3v) is 7.23. The van der Waals surface area contributed by atoms with Gasteiger partial charge in [0.1, 0.15) is 35.2 Å². The maximum Gasteiger partial charge on any atom is 0.264 e. The average molecular weight is 521 g/mol. The molecule has 4 heterocycles. The number of nitrogens with two attached hydrogens (primary N) is 1. The number of ether oxygens (including phenoxy) is 1. The van der Waals surface area contributed by atoms with E-state index in [0.717, 1.165) is 36.8 Å². The van der Waals surface area contributed by atoms with Gasteiger partial charge in [-0.15, -0.1) is 0 Å². The highest BCUT2D eigenvalue weighted by molar-refractivity contribution is 5.99. The smallest absolute Gasteiger partial charge is 0.264 e. The average Bonchev–Trinajstić information content (AvgIpc) is 3.70. The molecule has 1 aliphatic carbocycles. The van der Waals surface area contributed by atoms with Crippen molar-refractivity contribution in [2.24, 2.45) is 5.92 Å². The van der Waals surface area contributed by atoms with Gasteiger partial charge in [-0.2, -0.15) is 10.4 Å². The third-order valence-electron chi connectivity index (χ3n) is 7.23. The van der Waals surface area contributed by atoms with E-state index in [2.05, 4.69) is 21.0 Å². The van der Waals surface area contributed by atoms with E-state index < -0.39 is 0 Å². The fourth-order valence-electron chi connectivity index (χ4n) is 5.05. The first kappa shape index (κ1) is 24.6. The van der Waals surface area contributed by atoms with Crippen LogP contribution in [0.15, 0.2) is 60.6 Å². The normalized spacial score (nSPS) is 17.7. The van der Waals surface area contributed by atoms with Crippen LogP contribution in [0.4, 0.5) is 5.82 Å². The molecule has 39 heavy (non-hydrogen) atoms. The van der Waals surface area contributed by atoms with Gasteiger partial charge < -0.3 is 15.4 Å². The van der Waals surface area contributed by atoms with Crippen molar-refractivity contribution in [1.29, 1.82) is 5.26 Å². The molecule has 6 rings (SSSR count). The molecule has 4 aromatic rings. The number of anilines is 1. The van der Waals surface area contributed by atoms with Crippen molar-refractivity contribution < 1.29 is 9.53 Å². The number of piperidine rings is 1. The highest BCUT2D eigenvalue weighted by Gasteiger charge is 2.31. The van der Waals surface area contributed by atoms with Crippen LogP contribution in [-0.4, -0.2) is 48.6 Å². The van der Waals surface area contributed by atoms with Gasteiger partial charge in [-0.1, -0.05) is 24.3 Å². The van der Waals surface area contributed by atoms with Gasteiger partial charge in [0.25, 0.3) is 5.91 Å². The molecule has 10 heteroatoms. The number of rotatable bonds is 6. The number of aryl methyl sites for hydroxylation is 1. The lowest BCUT2D eigenvalue weighted by atomic mass is 10.0. The second kappa shape index (κ2) is 10.2. The summed E-state index contributed by atoms with van der Waals surface area (Å²) >= 11 is 0. The largest absolute Gasteiger partial charge is 0.439 e. The Hall–Kier alpha value is -4.78. The maximum atomic E-state index is 13.2. The van der Waals surface area contributed by atoms with Crippen molar-refractivity contribution in [2.45, 2.75) is 38.6 Å². The van der Waals surface area contributed by atoms with E-state index >= 15 is 0 Å². The number of hydrogen-bond donors (Lipinski definition) is 1. The monoisotopic (exact) mass is 520 g/mol. The molecule has 1 unspecified atom stereocenters. The number of para-hydroxylation sites is 1. The predicted molar refractivity (Wildman–Crippen MR) is 145 cm³/mol. The maximum absolute atomic E-state index is 13.2. The molecule has 1 saturated carbocycles. The van der Waals surface area contributed by atoms with Crippen molar-refractivity contribution >= 4 is 22.8 Å². The van der Waals surface area contributed by atoms with Crippen LogP contribution in [0.25, 0.3) is 22.3 Å². The van der Waals surface area contributed by atoms with Gasteiger partial charge in [0.15, 0.2) is 5.65 Å². The number of nitrogens with zero attached hydrogens (tertiary/aromatic N) is 7. The summed E-state index contributed by atoms with van der Waals surface area (Å²) in [6.45, 7) is 3.01. The summed E-state index contributed by atoms with van der Waals surface area (Å²) in [5.74, 6) is 1.64.